The molecule has 1 saturated carbocycles. The van der Waals surface area contributed by atoms with Gasteiger partial charge in [0, 0.05) is 6.04 Å². The van der Waals surface area contributed by atoms with Crippen LogP contribution in [0.5, 0.6) is 0 Å². The molecule has 1 atom stereocenters. The van der Waals surface area contributed by atoms with Crippen LogP contribution in [0.3, 0.4) is 0 Å². The monoisotopic (exact) mass is 131 g/mol. The Labute approximate surface area is 55.4 Å². The minimum absolute atomic E-state index is 0.0810. The lowest BCUT2D eigenvalue weighted by atomic mass is 10.1. The molecule has 0 aromatic heterocycles. The SMILES string of the molecule is CCC(N)CC1(F)CC1. The molecule has 1 rings (SSSR count). The normalized spacial score (nSPS) is 25.7. The predicted octanol–water partition coefficient (Wildman–Crippen LogP) is 1.62. The first-order valence-electron chi connectivity index (χ1n) is 3.61. The number of alkyl halides is 1. The van der Waals surface area contributed by atoms with E-state index in [1.165, 1.54) is 0 Å². The van der Waals surface area contributed by atoms with E-state index in [9.17, 15) is 4.39 Å². The molecular weight excluding hydrogens is 117 g/mol. The Morgan fingerprint density at radius 3 is 2.56 bits per heavy atom. The van der Waals surface area contributed by atoms with Gasteiger partial charge in [-0.1, -0.05) is 6.92 Å². The molecule has 1 unspecified atom stereocenters. The van der Waals surface area contributed by atoms with E-state index in [1.807, 2.05) is 6.92 Å². The lowest BCUT2D eigenvalue weighted by Gasteiger charge is -2.10. The van der Waals surface area contributed by atoms with Crippen molar-refractivity contribution < 1.29 is 4.39 Å². The van der Waals surface area contributed by atoms with E-state index < -0.39 is 5.67 Å². The Hall–Kier alpha value is -0.110. The summed E-state index contributed by atoms with van der Waals surface area (Å²) in [5.41, 5.74) is 4.71. The van der Waals surface area contributed by atoms with E-state index in [4.69, 9.17) is 5.73 Å². The van der Waals surface area contributed by atoms with E-state index in [-0.39, 0.29) is 6.04 Å². The first-order valence-corrected chi connectivity index (χ1v) is 3.61. The summed E-state index contributed by atoms with van der Waals surface area (Å²) >= 11 is 0. The molecule has 0 bridgehead atoms. The largest absolute Gasteiger partial charge is 0.328 e. The maximum atomic E-state index is 12.9. The Balaban J connectivity index is 2.17. The van der Waals surface area contributed by atoms with Crippen molar-refractivity contribution >= 4 is 0 Å². The van der Waals surface area contributed by atoms with Gasteiger partial charge < -0.3 is 5.73 Å². The van der Waals surface area contributed by atoms with Crippen molar-refractivity contribution in [2.24, 2.45) is 5.73 Å². The summed E-state index contributed by atoms with van der Waals surface area (Å²) in [6, 6.07) is 0.0810. The Morgan fingerprint density at radius 1 is 1.67 bits per heavy atom. The highest BCUT2D eigenvalue weighted by atomic mass is 19.1. The lowest BCUT2D eigenvalue weighted by molar-refractivity contribution is 0.268. The van der Waals surface area contributed by atoms with Crippen LogP contribution >= 0.6 is 0 Å². The summed E-state index contributed by atoms with van der Waals surface area (Å²) in [5.74, 6) is 0. The van der Waals surface area contributed by atoms with Crippen molar-refractivity contribution in [3.63, 3.8) is 0 Å². The highest BCUT2D eigenvalue weighted by Crippen LogP contribution is 2.43. The van der Waals surface area contributed by atoms with Crippen LogP contribution in [-0.2, 0) is 0 Å². The number of hydrogen-bond acceptors (Lipinski definition) is 1. The molecule has 2 N–H and O–H groups in total. The van der Waals surface area contributed by atoms with Crippen molar-refractivity contribution in [2.45, 2.75) is 44.3 Å². The van der Waals surface area contributed by atoms with Crippen molar-refractivity contribution in [1.82, 2.24) is 0 Å². The van der Waals surface area contributed by atoms with Crippen molar-refractivity contribution in [3.8, 4) is 0 Å². The quantitative estimate of drug-likeness (QED) is 0.618. The van der Waals surface area contributed by atoms with Gasteiger partial charge in [0.05, 0.1) is 0 Å². The van der Waals surface area contributed by atoms with E-state index in [1.54, 1.807) is 0 Å². The molecule has 1 fully saturated rings. The van der Waals surface area contributed by atoms with E-state index in [0.29, 0.717) is 6.42 Å². The van der Waals surface area contributed by atoms with Gasteiger partial charge in [-0.25, -0.2) is 4.39 Å². The first kappa shape index (κ1) is 7.00. The standard InChI is InChI=1S/C7H14FN/c1-2-6(9)5-7(8)3-4-7/h6H,2-5,9H2,1H3. The molecule has 0 radical (unpaired) electrons. The van der Waals surface area contributed by atoms with Crippen LogP contribution in [0.1, 0.15) is 32.6 Å². The van der Waals surface area contributed by atoms with Gasteiger partial charge in [0.1, 0.15) is 5.67 Å². The minimum atomic E-state index is -0.852. The molecule has 0 aliphatic heterocycles. The fourth-order valence-electron chi connectivity index (χ4n) is 0.954. The van der Waals surface area contributed by atoms with Gasteiger partial charge >= 0.3 is 0 Å². The molecular formula is C7H14FN. The minimum Gasteiger partial charge on any atom is -0.328 e. The highest BCUT2D eigenvalue weighted by Gasteiger charge is 2.43. The molecule has 1 aliphatic carbocycles. The number of hydrogen-bond donors (Lipinski definition) is 1. The topological polar surface area (TPSA) is 26.0 Å². The molecule has 9 heavy (non-hydrogen) atoms. The van der Waals surface area contributed by atoms with Gasteiger partial charge in [-0.2, -0.15) is 0 Å². The van der Waals surface area contributed by atoms with Crippen molar-refractivity contribution in [2.75, 3.05) is 0 Å². The fourth-order valence-corrected chi connectivity index (χ4v) is 0.954. The van der Waals surface area contributed by atoms with Gasteiger partial charge in [-0.15, -0.1) is 0 Å². The zero-order valence-electron chi connectivity index (χ0n) is 5.86. The summed E-state index contributed by atoms with van der Waals surface area (Å²) in [6.45, 7) is 2.00. The Bertz CT molecular complexity index is 99.1. The van der Waals surface area contributed by atoms with E-state index in [2.05, 4.69) is 0 Å². The molecule has 1 aliphatic rings. The van der Waals surface area contributed by atoms with Crippen LogP contribution in [0, 0.1) is 0 Å². The summed E-state index contributed by atoms with van der Waals surface area (Å²) in [6.07, 6.45) is 2.94. The molecule has 0 heterocycles. The molecule has 54 valence electrons. The second kappa shape index (κ2) is 2.25. The van der Waals surface area contributed by atoms with Crippen molar-refractivity contribution in [1.29, 1.82) is 0 Å². The van der Waals surface area contributed by atoms with Gasteiger partial charge in [0.2, 0.25) is 0 Å². The van der Waals surface area contributed by atoms with Crippen LogP contribution in [0.4, 0.5) is 4.39 Å². The predicted molar refractivity (Wildman–Crippen MR) is 36.0 cm³/mol. The first-order chi connectivity index (χ1) is 4.16. The van der Waals surface area contributed by atoms with Crippen LogP contribution in [-0.4, -0.2) is 11.7 Å². The van der Waals surface area contributed by atoms with Crippen LogP contribution < -0.4 is 5.73 Å². The van der Waals surface area contributed by atoms with Gasteiger partial charge in [-0.05, 0) is 25.7 Å². The molecule has 0 amide bonds. The van der Waals surface area contributed by atoms with Crippen LogP contribution in [0.25, 0.3) is 0 Å². The second-order valence-electron chi connectivity index (χ2n) is 3.02. The molecule has 0 aromatic carbocycles. The zero-order chi connectivity index (χ0) is 6.91. The maximum Gasteiger partial charge on any atom is 0.112 e. The average molecular weight is 131 g/mol. The van der Waals surface area contributed by atoms with Crippen LogP contribution in [0.15, 0.2) is 0 Å². The molecule has 2 heteroatoms. The summed E-state index contributed by atoms with van der Waals surface area (Å²) in [5, 5.41) is 0. The van der Waals surface area contributed by atoms with E-state index >= 15 is 0 Å². The van der Waals surface area contributed by atoms with Crippen LogP contribution in [0.2, 0.25) is 0 Å². The highest BCUT2D eigenvalue weighted by molar-refractivity contribution is 4.96. The zero-order valence-corrected chi connectivity index (χ0v) is 5.86. The average Bonchev–Trinajstić information content (AvgIpc) is 2.48. The maximum absolute atomic E-state index is 12.9. The molecule has 0 spiro atoms. The summed E-state index contributed by atoms with van der Waals surface area (Å²) < 4.78 is 12.9. The third-order valence-corrected chi connectivity index (χ3v) is 1.94. The second-order valence-corrected chi connectivity index (χ2v) is 3.02. The Kier molecular flexibility index (Phi) is 1.75. The fraction of sp³-hybridized carbons (Fsp3) is 1.00. The molecule has 0 saturated heterocycles. The van der Waals surface area contributed by atoms with Gasteiger partial charge in [0.25, 0.3) is 0 Å². The van der Waals surface area contributed by atoms with Gasteiger partial charge in [0.15, 0.2) is 0 Å². The third-order valence-electron chi connectivity index (χ3n) is 1.94. The smallest absolute Gasteiger partial charge is 0.112 e. The van der Waals surface area contributed by atoms with Gasteiger partial charge in [-0.3, -0.25) is 0 Å². The van der Waals surface area contributed by atoms with E-state index in [0.717, 1.165) is 19.3 Å². The number of halogens is 1. The Morgan fingerprint density at radius 2 is 2.22 bits per heavy atom. The summed E-state index contributed by atoms with van der Waals surface area (Å²) in [4.78, 5) is 0. The van der Waals surface area contributed by atoms with Crippen molar-refractivity contribution in [3.05, 3.63) is 0 Å². The molecule has 1 nitrogen and oxygen atoms in total. The third kappa shape index (κ3) is 1.94. The number of nitrogens with two attached hydrogens (primary N) is 1. The number of rotatable bonds is 3. The summed E-state index contributed by atoms with van der Waals surface area (Å²) in [7, 11) is 0. The molecule has 0 aromatic rings. The lowest BCUT2D eigenvalue weighted by Crippen LogP contribution is -2.23.